The normalized spacial score (nSPS) is 14.2. The maximum Gasteiger partial charge on any atom is 0.175 e. The van der Waals surface area contributed by atoms with Crippen LogP contribution in [0.15, 0.2) is 174 Å². The Morgan fingerprint density at radius 1 is 0.464 bits per heavy atom. The Morgan fingerprint density at radius 3 is 1.52 bits per heavy atom. The highest BCUT2D eigenvalue weighted by atomic mass is 15.0. The van der Waals surface area contributed by atoms with Crippen LogP contribution in [-0.4, -0.2) is 31.0 Å². The standard InChI is InChI=1S/C50H36N6/c1-5-19-46-38(13-1)39-14-2-6-20-47(39)55(46)36-29-35(30-37(31-36)56-48-21-7-3-15-40(48)41-16-4-8-22-49(41)56)33-23-25-34(26-24-33)44-32-45(42-17-9-11-27-51-42)54-50(53-44)43-18-10-12-28-52-43/h1-8,12-17,19-32H,9-11,18H2. The van der Waals surface area contributed by atoms with Crippen molar-refractivity contribution in [1.29, 1.82) is 0 Å². The molecule has 6 aromatic carbocycles. The largest absolute Gasteiger partial charge is 0.309 e. The van der Waals surface area contributed by atoms with Crippen molar-refractivity contribution in [3.05, 3.63) is 175 Å². The van der Waals surface area contributed by atoms with Crippen LogP contribution in [0.1, 0.15) is 37.2 Å². The first-order chi connectivity index (χ1) is 27.8. The maximum absolute atomic E-state index is 5.07. The Hall–Kier alpha value is -7.18. The first-order valence-corrected chi connectivity index (χ1v) is 19.3. The maximum atomic E-state index is 5.07. The first kappa shape index (κ1) is 32.3. The van der Waals surface area contributed by atoms with Gasteiger partial charge in [0, 0.05) is 50.9 Å². The Labute approximate surface area is 324 Å². The molecule has 0 saturated heterocycles. The molecule has 2 aliphatic heterocycles. The second-order valence-electron chi connectivity index (χ2n) is 14.5. The molecule has 11 rings (SSSR count). The predicted molar refractivity (Wildman–Crippen MR) is 232 cm³/mol. The predicted octanol–water partition coefficient (Wildman–Crippen LogP) is 12.3. The zero-order valence-electron chi connectivity index (χ0n) is 30.7. The summed E-state index contributed by atoms with van der Waals surface area (Å²) in [6.45, 7) is 0. The summed E-state index contributed by atoms with van der Waals surface area (Å²) in [5, 5.41) is 4.96. The summed E-state index contributed by atoms with van der Waals surface area (Å²) in [6, 6.07) is 52.7. The minimum absolute atomic E-state index is 0.669. The zero-order chi connectivity index (χ0) is 37.0. The van der Waals surface area contributed by atoms with Gasteiger partial charge in [-0.1, -0.05) is 109 Å². The molecular formula is C50H36N6. The topological polar surface area (TPSA) is 60.4 Å². The Kier molecular flexibility index (Phi) is 7.66. The highest BCUT2D eigenvalue weighted by Crippen LogP contribution is 2.38. The van der Waals surface area contributed by atoms with E-state index in [2.05, 4.69) is 172 Å². The van der Waals surface area contributed by atoms with Crippen LogP contribution in [0.3, 0.4) is 0 Å². The van der Waals surface area contributed by atoms with Gasteiger partial charge in [-0.25, -0.2) is 9.97 Å². The van der Waals surface area contributed by atoms with Gasteiger partial charge in [0.1, 0.15) is 0 Å². The van der Waals surface area contributed by atoms with Crippen molar-refractivity contribution in [3.63, 3.8) is 0 Å². The Morgan fingerprint density at radius 2 is 1.00 bits per heavy atom. The highest BCUT2D eigenvalue weighted by molar-refractivity contribution is 6.10. The van der Waals surface area contributed by atoms with Crippen molar-refractivity contribution < 1.29 is 0 Å². The van der Waals surface area contributed by atoms with E-state index < -0.39 is 0 Å². The van der Waals surface area contributed by atoms with Gasteiger partial charge in [0.15, 0.2) is 5.82 Å². The number of rotatable bonds is 6. The fourth-order valence-corrected chi connectivity index (χ4v) is 8.46. The summed E-state index contributed by atoms with van der Waals surface area (Å²) in [5.41, 5.74) is 13.7. The van der Waals surface area contributed by atoms with E-state index in [9.17, 15) is 0 Å². The van der Waals surface area contributed by atoms with Crippen LogP contribution in [0.25, 0.3) is 83.1 Å². The van der Waals surface area contributed by atoms with Gasteiger partial charge in [0.05, 0.1) is 44.9 Å². The summed E-state index contributed by atoms with van der Waals surface area (Å²) >= 11 is 0. The summed E-state index contributed by atoms with van der Waals surface area (Å²) in [6.07, 6.45) is 11.7. The van der Waals surface area contributed by atoms with E-state index in [0.717, 1.165) is 76.5 Å². The molecule has 0 saturated carbocycles. The number of allylic oxidation sites excluding steroid dienone is 2. The number of aliphatic imine (C=N–C) groups is 2. The van der Waals surface area contributed by atoms with Gasteiger partial charge < -0.3 is 9.13 Å². The number of nitrogens with zero attached hydrogens (tertiary/aromatic N) is 6. The van der Waals surface area contributed by atoms with Gasteiger partial charge in [-0.2, -0.15) is 0 Å². The lowest BCUT2D eigenvalue weighted by Crippen LogP contribution is -2.11. The van der Waals surface area contributed by atoms with E-state index in [1.54, 1.807) is 0 Å². The second-order valence-corrected chi connectivity index (χ2v) is 14.5. The van der Waals surface area contributed by atoms with E-state index in [0.29, 0.717) is 5.82 Å². The molecule has 0 atom stereocenters. The number of aromatic nitrogens is 4. The lowest BCUT2D eigenvalue weighted by Gasteiger charge is -2.16. The summed E-state index contributed by atoms with van der Waals surface area (Å²) < 4.78 is 4.82. The zero-order valence-corrected chi connectivity index (χ0v) is 30.7. The highest BCUT2D eigenvalue weighted by Gasteiger charge is 2.19. The fourth-order valence-electron chi connectivity index (χ4n) is 8.46. The quantitative estimate of drug-likeness (QED) is 0.172. The molecule has 5 heterocycles. The van der Waals surface area contributed by atoms with Crippen LogP contribution in [0.2, 0.25) is 0 Å². The third-order valence-corrected chi connectivity index (χ3v) is 11.1. The SMILES string of the molecule is C1=CN=C(c2nc(C3=CCCC=N3)cc(-c3ccc(-c4cc(-n5c6ccccc6c6ccccc65)cc(-n5c6ccccc6c6ccccc65)c4)cc3)n2)CC1. The number of para-hydroxylation sites is 4. The molecule has 9 aromatic rings. The summed E-state index contributed by atoms with van der Waals surface area (Å²) in [7, 11) is 0. The average Bonchev–Trinajstić information content (AvgIpc) is 3.80. The monoisotopic (exact) mass is 720 g/mol. The van der Waals surface area contributed by atoms with Gasteiger partial charge >= 0.3 is 0 Å². The molecule has 0 radical (unpaired) electrons. The van der Waals surface area contributed by atoms with E-state index >= 15 is 0 Å². The molecule has 0 unspecified atom stereocenters. The molecule has 266 valence electrons. The van der Waals surface area contributed by atoms with Crippen LogP contribution >= 0.6 is 0 Å². The molecule has 6 heteroatoms. The molecule has 0 amide bonds. The molecule has 2 aliphatic rings. The van der Waals surface area contributed by atoms with Gasteiger partial charge in [-0.05, 0) is 85.3 Å². The number of hydrogen-bond donors (Lipinski definition) is 0. The van der Waals surface area contributed by atoms with Crippen LogP contribution in [-0.2, 0) is 0 Å². The van der Waals surface area contributed by atoms with E-state index in [-0.39, 0.29) is 0 Å². The smallest absolute Gasteiger partial charge is 0.175 e. The van der Waals surface area contributed by atoms with Gasteiger partial charge in [-0.3, -0.25) is 9.98 Å². The fraction of sp³-hybridized carbons (Fsp3) is 0.0800. The van der Waals surface area contributed by atoms with Crippen molar-refractivity contribution in [2.24, 2.45) is 9.98 Å². The molecule has 0 N–H and O–H groups in total. The molecule has 0 spiro atoms. The molecule has 6 nitrogen and oxygen atoms in total. The van der Waals surface area contributed by atoms with Gasteiger partial charge in [0.25, 0.3) is 0 Å². The molecule has 56 heavy (non-hydrogen) atoms. The van der Waals surface area contributed by atoms with Crippen molar-refractivity contribution >= 4 is 61.2 Å². The molecule has 0 aliphatic carbocycles. The van der Waals surface area contributed by atoms with E-state index in [1.165, 1.54) is 43.6 Å². The van der Waals surface area contributed by atoms with Crippen molar-refractivity contribution in [3.8, 4) is 33.8 Å². The molecular weight excluding hydrogens is 685 g/mol. The van der Waals surface area contributed by atoms with Gasteiger partial charge in [-0.15, -0.1) is 0 Å². The van der Waals surface area contributed by atoms with Gasteiger partial charge in [0.2, 0.25) is 0 Å². The van der Waals surface area contributed by atoms with Crippen LogP contribution in [0.5, 0.6) is 0 Å². The average molecular weight is 721 g/mol. The van der Waals surface area contributed by atoms with Crippen LogP contribution in [0, 0.1) is 0 Å². The lowest BCUT2D eigenvalue weighted by molar-refractivity contribution is 1.01. The van der Waals surface area contributed by atoms with Crippen molar-refractivity contribution in [1.82, 2.24) is 19.1 Å². The van der Waals surface area contributed by atoms with E-state index in [1.807, 2.05) is 12.4 Å². The Balaban J connectivity index is 1.10. The molecule has 0 fully saturated rings. The first-order valence-electron chi connectivity index (χ1n) is 19.3. The van der Waals surface area contributed by atoms with Crippen molar-refractivity contribution in [2.45, 2.75) is 25.7 Å². The third-order valence-electron chi connectivity index (χ3n) is 11.1. The number of benzene rings is 6. The third kappa shape index (κ3) is 5.41. The Bertz CT molecular complexity index is 2900. The molecule has 3 aromatic heterocycles. The van der Waals surface area contributed by atoms with E-state index in [4.69, 9.17) is 15.0 Å². The van der Waals surface area contributed by atoms with Crippen LogP contribution < -0.4 is 0 Å². The number of fused-ring (bicyclic) bond motifs is 6. The minimum atomic E-state index is 0.669. The minimum Gasteiger partial charge on any atom is -0.309 e. The second kappa shape index (κ2) is 13.3. The lowest BCUT2D eigenvalue weighted by atomic mass is 10.0. The summed E-state index contributed by atoms with van der Waals surface area (Å²) in [5.74, 6) is 0.669. The number of hydrogen-bond acceptors (Lipinski definition) is 4. The summed E-state index contributed by atoms with van der Waals surface area (Å²) in [4.78, 5) is 19.4. The van der Waals surface area contributed by atoms with Crippen LogP contribution in [0.4, 0.5) is 0 Å². The van der Waals surface area contributed by atoms with Crippen molar-refractivity contribution in [2.75, 3.05) is 0 Å². The molecule has 0 bridgehead atoms.